The monoisotopic (exact) mass is 637 g/mol. The first-order valence-electron chi connectivity index (χ1n) is 16.8. The Labute approximate surface area is 281 Å². The number of benzene rings is 3. The Kier molecular flexibility index (Phi) is 16.3. The molecule has 1 heterocycles. The maximum absolute atomic E-state index is 16.3. The minimum atomic E-state index is -1.05. The van der Waals surface area contributed by atoms with Crippen LogP contribution < -0.4 is 10.9 Å². The second kappa shape index (κ2) is 19.8. The standard InChI is InChI=1S/C37H42FN3O2.C2H6.C2H4/c1-6-11-26(12-7-2)27-17-19-28(20-18-27)31-21-22-32-33(34(31)38)37(43)41(24-39-32)35(29-16-10-15-25(5)23-29)36(42)40-30(13-8-3)14-9-4;2*1-2/h8,10,13-24,26,35H,6-7,9,11-12H2,1-5H3,(H,40,42);1-2H3;1-2H2/b13-8-,30-14-;;. The number of rotatable bonds is 12. The summed E-state index contributed by atoms with van der Waals surface area (Å²) < 4.78 is 17.5. The van der Waals surface area contributed by atoms with Gasteiger partial charge in [-0.15, -0.1) is 13.2 Å². The van der Waals surface area contributed by atoms with E-state index in [1.807, 2.05) is 77.1 Å². The highest BCUT2D eigenvalue weighted by molar-refractivity contribution is 5.87. The fourth-order valence-corrected chi connectivity index (χ4v) is 5.75. The van der Waals surface area contributed by atoms with Gasteiger partial charge in [0.2, 0.25) is 0 Å². The topological polar surface area (TPSA) is 64.0 Å². The van der Waals surface area contributed by atoms with Crippen LogP contribution in [-0.2, 0) is 4.79 Å². The molecule has 1 atom stereocenters. The Bertz CT molecular complexity index is 1700. The van der Waals surface area contributed by atoms with Gasteiger partial charge in [-0.25, -0.2) is 9.37 Å². The fraction of sp³-hybridized carbons (Fsp3) is 0.341. The van der Waals surface area contributed by atoms with E-state index in [-0.39, 0.29) is 10.9 Å². The highest BCUT2D eigenvalue weighted by atomic mass is 19.1. The molecule has 0 aliphatic rings. The van der Waals surface area contributed by atoms with E-state index in [4.69, 9.17) is 0 Å². The first-order valence-corrected chi connectivity index (χ1v) is 16.8. The number of carbonyl (C=O) groups is 1. The van der Waals surface area contributed by atoms with Crippen LogP contribution >= 0.6 is 0 Å². The van der Waals surface area contributed by atoms with E-state index in [2.05, 4.69) is 49.4 Å². The molecule has 1 unspecified atom stereocenters. The zero-order chi connectivity index (χ0) is 34.9. The molecule has 1 N–H and O–H groups in total. The third-order valence-corrected chi connectivity index (χ3v) is 7.78. The lowest BCUT2D eigenvalue weighted by molar-refractivity contribution is -0.122. The largest absolute Gasteiger partial charge is 0.324 e. The smallest absolute Gasteiger partial charge is 0.265 e. The summed E-state index contributed by atoms with van der Waals surface area (Å²) >= 11 is 0. The number of hydrogen-bond donors (Lipinski definition) is 1. The molecule has 3 aromatic carbocycles. The molecule has 4 aromatic rings. The molecule has 1 aromatic heterocycles. The molecule has 5 nitrogen and oxygen atoms in total. The Morgan fingerprint density at radius 3 is 2.21 bits per heavy atom. The minimum absolute atomic E-state index is 0.137. The van der Waals surface area contributed by atoms with Crippen molar-refractivity contribution in [3.63, 3.8) is 0 Å². The molecule has 0 bridgehead atoms. The molecule has 0 radical (unpaired) electrons. The summed E-state index contributed by atoms with van der Waals surface area (Å²) in [4.78, 5) is 32.3. The molecule has 0 saturated carbocycles. The van der Waals surface area contributed by atoms with Gasteiger partial charge >= 0.3 is 0 Å². The summed E-state index contributed by atoms with van der Waals surface area (Å²) in [7, 11) is 0. The molecule has 6 heteroatoms. The van der Waals surface area contributed by atoms with Crippen molar-refractivity contribution < 1.29 is 9.18 Å². The third-order valence-electron chi connectivity index (χ3n) is 7.78. The Morgan fingerprint density at radius 1 is 0.979 bits per heavy atom. The zero-order valence-corrected chi connectivity index (χ0v) is 29.3. The van der Waals surface area contributed by atoms with Crippen LogP contribution in [0.4, 0.5) is 4.39 Å². The summed E-state index contributed by atoms with van der Waals surface area (Å²) in [5, 5.41) is 2.81. The summed E-state index contributed by atoms with van der Waals surface area (Å²) in [6, 6.07) is 17.7. The van der Waals surface area contributed by atoms with Gasteiger partial charge in [-0.05, 0) is 73.9 Å². The third kappa shape index (κ3) is 9.71. The molecule has 4 rings (SSSR count). The van der Waals surface area contributed by atoms with E-state index < -0.39 is 23.3 Å². The molecule has 47 heavy (non-hydrogen) atoms. The minimum Gasteiger partial charge on any atom is -0.324 e. The molecular weight excluding hydrogens is 585 g/mol. The van der Waals surface area contributed by atoms with Crippen molar-refractivity contribution in [2.24, 2.45) is 0 Å². The van der Waals surface area contributed by atoms with Crippen molar-refractivity contribution in [3.05, 3.63) is 137 Å². The van der Waals surface area contributed by atoms with Gasteiger partial charge in [0.25, 0.3) is 11.5 Å². The molecule has 1 amide bonds. The first kappa shape index (κ1) is 38.6. The van der Waals surface area contributed by atoms with Crippen molar-refractivity contribution in [2.75, 3.05) is 0 Å². The van der Waals surface area contributed by atoms with E-state index in [1.165, 1.54) is 16.5 Å². The maximum Gasteiger partial charge on any atom is 0.265 e. The number of aromatic nitrogens is 2. The molecule has 0 aliphatic carbocycles. The lowest BCUT2D eigenvalue weighted by atomic mass is 9.89. The van der Waals surface area contributed by atoms with Gasteiger partial charge in [0.15, 0.2) is 0 Å². The van der Waals surface area contributed by atoms with Crippen LogP contribution in [0.2, 0.25) is 0 Å². The van der Waals surface area contributed by atoms with Crippen LogP contribution in [0.25, 0.3) is 22.0 Å². The number of hydrogen-bond acceptors (Lipinski definition) is 3. The average Bonchev–Trinajstić information content (AvgIpc) is 3.08. The van der Waals surface area contributed by atoms with Crippen molar-refractivity contribution in [3.8, 4) is 11.1 Å². The van der Waals surface area contributed by atoms with E-state index >= 15 is 4.39 Å². The highest BCUT2D eigenvalue weighted by Gasteiger charge is 2.26. The van der Waals surface area contributed by atoms with E-state index in [9.17, 15) is 9.59 Å². The van der Waals surface area contributed by atoms with Gasteiger partial charge < -0.3 is 5.32 Å². The summed E-state index contributed by atoms with van der Waals surface area (Å²) in [6.07, 6.45) is 12.0. The molecule has 0 spiro atoms. The summed E-state index contributed by atoms with van der Waals surface area (Å²) in [6.45, 7) is 20.2. The molecule has 0 aliphatic heterocycles. The van der Waals surface area contributed by atoms with Crippen LogP contribution in [0.5, 0.6) is 0 Å². The first-order chi connectivity index (χ1) is 22.8. The van der Waals surface area contributed by atoms with Gasteiger partial charge in [-0.2, -0.15) is 0 Å². The Balaban J connectivity index is 0.00000185. The van der Waals surface area contributed by atoms with Crippen LogP contribution in [0.15, 0.2) is 109 Å². The molecular formula is C41H52FN3O2. The summed E-state index contributed by atoms with van der Waals surface area (Å²) in [5.41, 5.74) is 4.08. The SMILES string of the molecule is C/C=C\C(=C\CC)NC(=O)C(c1cccc(C)c1)n1cnc2ccc(-c3ccc(C(CCC)CCC)cc3)c(F)c2c1=O.C=C.CC. The van der Waals surface area contributed by atoms with Crippen molar-refractivity contribution >= 4 is 16.8 Å². The van der Waals surface area contributed by atoms with Crippen LogP contribution in [0.1, 0.15) is 102 Å². The number of amides is 1. The number of nitrogens with one attached hydrogen (secondary N) is 1. The number of halogens is 1. The fourth-order valence-electron chi connectivity index (χ4n) is 5.75. The van der Waals surface area contributed by atoms with Crippen molar-refractivity contribution in [2.45, 2.75) is 92.5 Å². The Hall–Kier alpha value is -4.58. The van der Waals surface area contributed by atoms with Gasteiger partial charge in [-0.3, -0.25) is 14.2 Å². The zero-order valence-electron chi connectivity index (χ0n) is 29.3. The van der Waals surface area contributed by atoms with Crippen LogP contribution in [0.3, 0.4) is 0 Å². The maximum atomic E-state index is 16.3. The molecule has 0 saturated heterocycles. The van der Waals surface area contributed by atoms with E-state index in [1.54, 1.807) is 24.3 Å². The van der Waals surface area contributed by atoms with Gasteiger partial charge in [0, 0.05) is 11.3 Å². The van der Waals surface area contributed by atoms with Crippen molar-refractivity contribution in [1.82, 2.24) is 14.9 Å². The predicted octanol–water partition coefficient (Wildman–Crippen LogP) is 10.6. The number of nitrogens with zero attached hydrogens (tertiary/aromatic N) is 2. The number of carbonyl (C=O) groups excluding carboxylic acids is 1. The van der Waals surface area contributed by atoms with Gasteiger partial charge in [0.05, 0.1) is 11.8 Å². The number of aryl methyl sites for hydroxylation is 1. The van der Waals surface area contributed by atoms with E-state index in [0.29, 0.717) is 28.3 Å². The lowest BCUT2D eigenvalue weighted by Crippen LogP contribution is -2.37. The normalized spacial score (nSPS) is 11.9. The molecule has 0 fully saturated rings. The average molecular weight is 638 g/mol. The van der Waals surface area contributed by atoms with Crippen LogP contribution in [-0.4, -0.2) is 15.5 Å². The number of allylic oxidation sites excluding steroid dienone is 3. The second-order valence-corrected chi connectivity index (χ2v) is 11.0. The van der Waals surface area contributed by atoms with E-state index in [0.717, 1.165) is 37.7 Å². The highest BCUT2D eigenvalue weighted by Crippen LogP contribution is 2.31. The van der Waals surface area contributed by atoms with Gasteiger partial charge in [0.1, 0.15) is 17.2 Å². The predicted molar refractivity (Wildman–Crippen MR) is 197 cm³/mol. The van der Waals surface area contributed by atoms with Crippen LogP contribution in [0, 0.1) is 12.7 Å². The quantitative estimate of drug-likeness (QED) is 0.124. The molecule has 250 valence electrons. The van der Waals surface area contributed by atoms with Crippen molar-refractivity contribution in [1.29, 1.82) is 0 Å². The van der Waals surface area contributed by atoms with Gasteiger partial charge in [-0.1, -0.05) is 114 Å². The summed E-state index contributed by atoms with van der Waals surface area (Å²) in [5.74, 6) is -0.570. The number of fused-ring (bicyclic) bond motifs is 1. The second-order valence-electron chi connectivity index (χ2n) is 11.0. The lowest BCUT2D eigenvalue weighted by Gasteiger charge is -2.21. The Morgan fingerprint density at radius 2 is 1.64 bits per heavy atom.